The Balaban J connectivity index is 1.77. The lowest BCUT2D eigenvalue weighted by molar-refractivity contribution is 0.0960. The van der Waals surface area contributed by atoms with Crippen molar-refractivity contribution >= 4 is 38.2 Å². The topological polar surface area (TPSA) is 143 Å². The molecule has 1 amide bonds. The number of nitrogens with one attached hydrogen (secondary N) is 3. The molecule has 0 fully saturated rings. The summed E-state index contributed by atoms with van der Waals surface area (Å²) in [6.07, 6.45) is 0. The first-order chi connectivity index (χ1) is 17.8. The van der Waals surface area contributed by atoms with Gasteiger partial charge in [0.05, 0.1) is 24.2 Å². The Kier molecular flexibility index (Phi) is 7.67. The van der Waals surface area contributed by atoms with Crippen molar-refractivity contribution in [1.82, 2.24) is 20.2 Å². The predicted octanol–water partition coefficient (Wildman–Crippen LogP) is 2.99. The van der Waals surface area contributed by atoms with E-state index >= 15 is 0 Å². The number of nitrogens with zero attached hydrogens (tertiary/aromatic N) is 2. The molecule has 4 N–H and O–H groups in total. The molecule has 11 heteroatoms. The lowest BCUT2D eigenvalue weighted by atomic mass is 10.0. The monoisotopic (exact) mass is 521 g/mol. The summed E-state index contributed by atoms with van der Waals surface area (Å²) in [6.45, 7) is 1.32. The van der Waals surface area contributed by atoms with Crippen molar-refractivity contribution in [2.24, 2.45) is 0 Å². The fourth-order valence-electron chi connectivity index (χ4n) is 3.94. The summed E-state index contributed by atoms with van der Waals surface area (Å²) in [5, 5.41) is 25.2. The number of methoxy groups -OCH3 is 1. The Hall–Kier alpha value is -4.06. The number of anilines is 2. The van der Waals surface area contributed by atoms with Crippen LogP contribution in [0, 0.1) is 6.92 Å². The summed E-state index contributed by atoms with van der Waals surface area (Å²) in [7, 11) is -0.776. The third-order valence-electron chi connectivity index (χ3n) is 5.78. The van der Waals surface area contributed by atoms with Gasteiger partial charge in [0.1, 0.15) is 11.4 Å². The minimum absolute atomic E-state index is 0.0813. The summed E-state index contributed by atoms with van der Waals surface area (Å²) in [5.41, 5.74) is 2.64. The van der Waals surface area contributed by atoms with E-state index in [1.54, 1.807) is 50.4 Å². The lowest BCUT2D eigenvalue weighted by Crippen LogP contribution is -2.27. The molecule has 1 heterocycles. The number of aromatic nitrogens is 2. The first-order valence-corrected chi connectivity index (χ1v) is 12.9. The molecule has 0 unspecified atom stereocenters. The quantitative estimate of drug-likeness (QED) is 0.263. The maximum absolute atomic E-state index is 12.8. The van der Waals surface area contributed by atoms with Crippen LogP contribution in [0.25, 0.3) is 22.0 Å². The second-order valence-corrected chi connectivity index (χ2v) is 9.90. The van der Waals surface area contributed by atoms with Gasteiger partial charge in [0, 0.05) is 35.6 Å². The third kappa shape index (κ3) is 5.38. The molecular formula is C26H27N5O5S. The van der Waals surface area contributed by atoms with Crippen molar-refractivity contribution in [2.45, 2.75) is 11.8 Å². The molecule has 0 aliphatic carbocycles. The van der Waals surface area contributed by atoms with Crippen molar-refractivity contribution in [2.75, 3.05) is 32.6 Å². The van der Waals surface area contributed by atoms with Gasteiger partial charge in [-0.2, -0.15) is 0 Å². The Labute approximate surface area is 214 Å². The molecule has 0 spiro atoms. The summed E-state index contributed by atoms with van der Waals surface area (Å²) in [4.78, 5) is 12.4. The molecule has 3 aromatic carbocycles. The normalized spacial score (nSPS) is 11.4. The average Bonchev–Trinajstić information content (AvgIpc) is 2.92. The number of aryl methyl sites for hydroxylation is 1. The van der Waals surface area contributed by atoms with Gasteiger partial charge in [-0.05, 0) is 36.8 Å². The van der Waals surface area contributed by atoms with Crippen molar-refractivity contribution < 1.29 is 23.1 Å². The molecule has 4 aromatic rings. The number of sulfonamides is 1. The molecule has 192 valence electrons. The molecular weight excluding hydrogens is 494 g/mol. The van der Waals surface area contributed by atoms with Gasteiger partial charge >= 0.3 is 0 Å². The first kappa shape index (κ1) is 26.0. The van der Waals surface area contributed by atoms with E-state index in [1.807, 2.05) is 24.3 Å². The Morgan fingerprint density at radius 2 is 1.78 bits per heavy atom. The second-order valence-electron chi connectivity index (χ2n) is 8.16. The summed E-state index contributed by atoms with van der Waals surface area (Å²) in [6, 6.07) is 17.7. The molecule has 0 aliphatic rings. The number of hydrogen-bond donors (Lipinski definition) is 4. The van der Waals surface area contributed by atoms with E-state index in [9.17, 15) is 13.2 Å². The number of ether oxygens (including phenoxy) is 1. The molecule has 1 aromatic heterocycles. The summed E-state index contributed by atoms with van der Waals surface area (Å²) < 4.78 is 33.2. The fourth-order valence-corrected chi connectivity index (χ4v) is 5.23. The smallest absolute Gasteiger partial charge is 0.254 e. The number of carbonyl (C=O) groups is 1. The molecule has 10 nitrogen and oxygen atoms in total. The zero-order valence-electron chi connectivity index (χ0n) is 20.6. The van der Waals surface area contributed by atoms with Gasteiger partial charge in [-0.1, -0.05) is 36.4 Å². The molecule has 0 radical (unpaired) electrons. The van der Waals surface area contributed by atoms with Crippen LogP contribution in [-0.4, -0.2) is 56.9 Å². The van der Waals surface area contributed by atoms with Crippen molar-refractivity contribution in [1.29, 1.82) is 0 Å². The van der Waals surface area contributed by atoms with Gasteiger partial charge in [0.25, 0.3) is 5.91 Å². The lowest BCUT2D eigenvalue weighted by Gasteiger charge is -2.14. The molecule has 4 rings (SSSR count). The van der Waals surface area contributed by atoms with Gasteiger partial charge in [-0.25, -0.2) is 13.1 Å². The van der Waals surface area contributed by atoms with Crippen LogP contribution in [0.1, 0.15) is 15.9 Å². The number of rotatable bonds is 9. The summed E-state index contributed by atoms with van der Waals surface area (Å²) in [5.74, 6) is 0.622. The number of aliphatic hydroxyl groups excluding tert-OH is 1. The maximum atomic E-state index is 12.8. The first-order valence-electron chi connectivity index (χ1n) is 11.4. The van der Waals surface area contributed by atoms with Crippen LogP contribution in [0.2, 0.25) is 0 Å². The van der Waals surface area contributed by atoms with Crippen LogP contribution in [0.3, 0.4) is 0 Å². The molecule has 0 aliphatic heterocycles. The zero-order valence-corrected chi connectivity index (χ0v) is 21.4. The van der Waals surface area contributed by atoms with Gasteiger partial charge in [0.15, 0.2) is 5.82 Å². The Morgan fingerprint density at radius 3 is 2.49 bits per heavy atom. The van der Waals surface area contributed by atoms with Gasteiger partial charge in [0.2, 0.25) is 10.0 Å². The second kappa shape index (κ2) is 10.9. The number of fused-ring (bicyclic) bond motifs is 1. The van der Waals surface area contributed by atoms with Gasteiger partial charge in [-0.15, -0.1) is 10.2 Å². The van der Waals surface area contributed by atoms with E-state index in [2.05, 4.69) is 25.6 Å². The fraction of sp³-hybridized carbons (Fsp3) is 0.192. The van der Waals surface area contributed by atoms with Crippen LogP contribution in [-0.2, 0) is 10.0 Å². The highest BCUT2D eigenvalue weighted by Crippen LogP contribution is 2.33. The average molecular weight is 522 g/mol. The largest absolute Gasteiger partial charge is 0.496 e. The van der Waals surface area contributed by atoms with Crippen LogP contribution in [0.15, 0.2) is 65.6 Å². The SMILES string of the molecule is CNC(=O)c1cc(Nc2nnc(-c3ccc(C)c(S(=O)(=O)NCCO)c3)c3ccccc23)ccc1OC. The highest BCUT2D eigenvalue weighted by Gasteiger charge is 2.19. The Bertz CT molecular complexity index is 1570. The van der Waals surface area contributed by atoms with Crippen LogP contribution >= 0.6 is 0 Å². The maximum Gasteiger partial charge on any atom is 0.254 e. The molecule has 0 atom stereocenters. The van der Waals surface area contributed by atoms with Crippen LogP contribution in [0.5, 0.6) is 5.75 Å². The number of benzene rings is 3. The number of hydrogen-bond acceptors (Lipinski definition) is 8. The molecule has 37 heavy (non-hydrogen) atoms. The van der Waals surface area contributed by atoms with E-state index in [0.29, 0.717) is 39.6 Å². The zero-order chi connectivity index (χ0) is 26.6. The number of carbonyl (C=O) groups excluding carboxylic acids is 1. The van der Waals surface area contributed by atoms with E-state index < -0.39 is 10.0 Å². The predicted molar refractivity (Wildman–Crippen MR) is 142 cm³/mol. The van der Waals surface area contributed by atoms with E-state index in [4.69, 9.17) is 9.84 Å². The molecule has 0 saturated heterocycles. The van der Waals surface area contributed by atoms with Crippen LogP contribution < -0.4 is 20.1 Å². The van der Waals surface area contributed by atoms with Crippen molar-refractivity contribution in [3.8, 4) is 17.0 Å². The molecule has 0 bridgehead atoms. The van der Waals surface area contributed by atoms with E-state index in [1.165, 1.54) is 7.11 Å². The van der Waals surface area contributed by atoms with Crippen molar-refractivity contribution in [3.05, 3.63) is 71.8 Å². The number of aliphatic hydroxyl groups is 1. The minimum Gasteiger partial charge on any atom is -0.496 e. The standard InChI is InChI=1S/C26H27N5O5S/c1-16-8-9-17(14-23(16)37(34,35)28-12-13-32)24-19-6-4-5-7-20(19)25(31-30-24)29-18-10-11-22(36-3)21(15-18)26(33)27-2/h4-11,14-15,28,32H,12-13H2,1-3H3,(H,27,33)(H,29,31). The van der Waals surface area contributed by atoms with Gasteiger partial charge < -0.3 is 20.5 Å². The minimum atomic E-state index is -3.82. The van der Waals surface area contributed by atoms with Crippen LogP contribution in [0.4, 0.5) is 11.5 Å². The third-order valence-corrected chi connectivity index (χ3v) is 7.38. The van der Waals surface area contributed by atoms with Crippen molar-refractivity contribution in [3.63, 3.8) is 0 Å². The van der Waals surface area contributed by atoms with Gasteiger partial charge in [-0.3, -0.25) is 4.79 Å². The van der Waals surface area contributed by atoms with E-state index in [0.717, 1.165) is 10.8 Å². The Morgan fingerprint density at radius 1 is 1.03 bits per heavy atom. The highest BCUT2D eigenvalue weighted by atomic mass is 32.2. The summed E-state index contributed by atoms with van der Waals surface area (Å²) >= 11 is 0. The molecule has 0 saturated carbocycles. The van der Waals surface area contributed by atoms with E-state index in [-0.39, 0.29) is 24.0 Å². The highest BCUT2D eigenvalue weighted by molar-refractivity contribution is 7.89. The number of amides is 1.